The van der Waals surface area contributed by atoms with Gasteiger partial charge in [-0.1, -0.05) is 18.2 Å². The number of aryl methyl sites for hydroxylation is 1. The van der Waals surface area contributed by atoms with Gasteiger partial charge >= 0.3 is 0 Å². The van der Waals surface area contributed by atoms with Gasteiger partial charge in [-0.2, -0.15) is 0 Å². The van der Waals surface area contributed by atoms with Gasteiger partial charge in [0.15, 0.2) is 5.60 Å². The van der Waals surface area contributed by atoms with Gasteiger partial charge in [0.25, 0.3) is 5.91 Å². The highest BCUT2D eigenvalue weighted by atomic mass is 28.4. The third-order valence-corrected chi connectivity index (χ3v) is 10.8. The number of aliphatic hydroxyl groups is 1. The highest BCUT2D eigenvalue weighted by Gasteiger charge is 2.68. The summed E-state index contributed by atoms with van der Waals surface area (Å²) in [7, 11) is -1.64. The van der Waals surface area contributed by atoms with Crippen molar-refractivity contribution in [1.82, 2.24) is 15.0 Å². The Kier molecular flexibility index (Phi) is 6.16. The van der Waals surface area contributed by atoms with Crippen LogP contribution in [0.3, 0.4) is 0 Å². The molecular weight excluding hydrogens is 491 g/mol. The van der Waals surface area contributed by atoms with E-state index in [1.54, 1.807) is 31.1 Å². The molecule has 0 aliphatic carbocycles. The summed E-state index contributed by atoms with van der Waals surface area (Å²) in [5, 5.41) is 17.4. The number of halogens is 1. The molecule has 10 heteroatoms. The average molecular weight is 529 g/mol. The van der Waals surface area contributed by atoms with Crippen LogP contribution in [0.15, 0.2) is 24.4 Å². The van der Waals surface area contributed by atoms with E-state index in [4.69, 9.17) is 9.47 Å². The van der Waals surface area contributed by atoms with Crippen molar-refractivity contribution >= 4 is 25.6 Å². The molecule has 0 saturated carbocycles. The molecule has 37 heavy (non-hydrogen) atoms. The quantitative estimate of drug-likeness (QED) is 0.427. The number of hydrogen-bond acceptors (Lipinski definition) is 6. The number of fused-ring (bicyclic) bond motifs is 1. The zero-order chi connectivity index (χ0) is 26.9. The van der Waals surface area contributed by atoms with Gasteiger partial charge in [0.2, 0.25) is 8.41 Å². The molecule has 1 N–H and O–H groups in total. The Hall–Kier alpha value is -2.56. The van der Waals surface area contributed by atoms with Gasteiger partial charge < -0.3 is 18.7 Å². The number of methoxy groups -OCH3 is 1. The first-order chi connectivity index (χ1) is 17.3. The summed E-state index contributed by atoms with van der Waals surface area (Å²) in [6.45, 7) is 12.0. The summed E-state index contributed by atoms with van der Waals surface area (Å²) in [6.07, 6.45) is 4.37. The highest BCUT2D eigenvalue weighted by molar-refractivity contribution is 6.72. The molecule has 1 aromatic carbocycles. The van der Waals surface area contributed by atoms with Gasteiger partial charge in [0.05, 0.1) is 30.1 Å². The van der Waals surface area contributed by atoms with Crippen molar-refractivity contribution in [2.75, 3.05) is 18.6 Å². The van der Waals surface area contributed by atoms with Crippen LogP contribution in [0.1, 0.15) is 50.9 Å². The number of amides is 1. The first-order valence-electron chi connectivity index (χ1n) is 13.0. The van der Waals surface area contributed by atoms with Crippen LogP contribution in [0, 0.1) is 5.92 Å². The summed E-state index contributed by atoms with van der Waals surface area (Å²) in [5.41, 5.74) is 2.12. The summed E-state index contributed by atoms with van der Waals surface area (Å²) in [5.74, 6) is 0.159. The topological polar surface area (TPSA) is 89.7 Å². The van der Waals surface area contributed by atoms with Crippen molar-refractivity contribution in [3.63, 3.8) is 0 Å². The first kappa shape index (κ1) is 26.1. The molecule has 1 saturated heterocycles. The fraction of sp³-hybridized carbons (Fsp3) is 0.593. The Labute approximate surface area is 218 Å². The average Bonchev–Trinajstić information content (AvgIpc) is 3.45. The number of hydrogen-bond donors (Lipinski definition) is 1. The van der Waals surface area contributed by atoms with Gasteiger partial charge in [-0.3, -0.25) is 14.4 Å². The van der Waals surface area contributed by atoms with Crippen LogP contribution in [-0.2, 0) is 28.1 Å². The molecule has 4 atom stereocenters. The lowest BCUT2D eigenvalue weighted by Crippen LogP contribution is -2.52. The first-order valence-corrected chi connectivity index (χ1v) is 15.9. The standard InChI is InChI=1S/C27H37FN4O4Si/c1-16-14-26(3,4)32-23-20(16)12-19(35-5)13-21(23)27(25(32)34)17(2)24(37(6,7)28)22(36-27)8-10-31-15-18(9-11-33)29-30-31/h12-15,17,22,24,33H,8-11H2,1-7H3/t17-,22+,24-,27+/m0/s1. The number of aliphatic hydroxyl groups excluding tert-OH is 1. The largest absolute Gasteiger partial charge is 0.497 e. The van der Waals surface area contributed by atoms with E-state index in [0.717, 1.165) is 22.4 Å². The molecule has 0 bridgehead atoms. The Balaban J connectivity index is 1.59. The van der Waals surface area contributed by atoms with Gasteiger partial charge in [-0.05, 0) is 58.0 Å². The van der Waals surface area contributed by atoms with Crippen molar-refractivity contribution in [3.05, 3.63) is 41.2 Å². The molecule has 1 aromatic heterocycles. The minimum atomic E-state index is -3.26. The zero-order valence-electron chi connectivity index (χ0n) is 22.7. The number of carbonyl (C=O) groups excluding carboxylic acids is 1. The van der Waals surface area contributed by atoms with E-state index >= 15 is 4.11 Å². The number of rotatable bonds is 7. The van der Waals surface area contributed by atoms with Crippen molar-refractivity contribution in [1.29, 1.82) is 0 Å². The molecule has 4 heterocycles. The van der Waals surface area contributed by atoms with Crippen LogP contribution in [0.5, 0.6) is 5.75 Å². The zero-order valence-corrected chi connectivity index (χ0v) is 23.7. The van der Waals surface area contributed by atoms with Crippen molar-refractivity contribution < 1.29 is 23.5 Å². The van der Waals surface area contributed by atoms with Crippen LogP contribution < -0.4 is 9.64 Å². The fourth-order valence-corrected chi connectivity index (χ4v) is 9.46. The Bertz CT molecular complexity index is 1270. The summed E-state index contributed by atoms with van der Waals surface area (Å²) in [4.78, 5) is 16.3. The Morgan fingerprint density at radius 1 is 1.30 bits per heavy atom. The molecular formula is C27H37FN4O4Si. The number of benzene rings is 1. The Morgan fingerprint density at radius 2 is 2.03 bits per heavy atom. The second kappa shape index (κ2) is 8.74. The number of ether oxygens (including phenoxy) is 2. The van der Waals surface area contributed by atoms with Gasteiger partial charge in [-0.15, -0.1) is 5.10 Å². The normalized spacial score (nSPS) is 28.1. The lowest BCUT2D eigenvalue weighted by Gasteiger charge is -2.39. The van der Waals surface area contributed by atoms with Crippen molar-refractivity contribution in [2.45, 2.75) is 83.0 Å². The smallest absolute Gasteiger partial charge is 0.265 e. The Morgan fingerprint density at radius 3 is 2.68 bits per heavy atom. The van der Waals surface area contributed by atoms with Gasteiger partial charge in [0.1, 0.15) is 5.75 Å². The van der Waals surface area contributed by atoms with E-state index in [1.807, 2.05) is 37.8 Å². The van der Waals surface area contributed by atoms with Crippen molar-refractivity contribution in [3.8, 4) is 5.75 Å². The summed E-state index contributed by atoms with van der Waals surface area (Å²) >= 11 is 0. The van der Waals surface area contributed by atoms with Gasteiger partial charge in [-0.25, -0.2) is 0 Å². The predicted molar refractivity (Wildman–Crippen MR) is 142 cm³/mol. The maximum Gasteiger partial charge on any atom is 0.265 e. The monoisotopic (exact) mass is 528 g/mol. The molecule has 200 valence electrons. The van der Waals surface area contributed by atoms with Crippen LogP contribution in [-0.4, -0.2) is 59.8 Å². The number of carbonyl (C=O) groups is 1. The lowest BCUT2D eigenvalue weighted by atomic mass is 9.81. The van der Waals surface area contributed by atoms with Crippen LogP contribution in [0.25, 0.3) is 5.57 Å². The van der Waals surface area contributed by atoms with Crippen LogP contribution in [0.4, 0.5) is 9.80 Å². The molecule has 0 radical (unpaired) electrons. The molecule has 1 amide bonds. The molecule has 3 aliphatic heterocycles. The lowest BCUT2D eigenvalue weighted by molar-refractivity contribution is -0.146. The SMILES string of the molecule is COc1cc2c3c(c1)[C@@]1(O[C@H](CCn4cc(CCO)nn4)[C@@H]([Si](C)(C)F)[C@@H]1C)C(=O)N3C(C)(C)C=C2C. The van der Waals surface area contributed by atoms with Gasteiger partial charge in [0, 0.05) is 48.4 Å². The van der Waals surface area contributed by atoms with E-state index in [2.05, 4.69) is 23.3 Å². The second-order valence-corrected chi connectivity index (χ2v) is 15.5. The fourth-order valence-electron chi connectivity index (χ4n) is 6.91. The van der Waals surface area contributed by atoms with E-state index < -0.39 is 31.2 Å². The van der Waals surface area contributed by atoms with E-state index in [0.29, 0.717) is 30.8 Å². The van der Waals surface area contributed by atoms with E-state index in [-0.39, 0.29) is 18.4 Å². The number of aromatic nitrogens is 3. The van der Waals surface area contributed by atoms with E-state index in [1.165, 1.54) is 0 Å². The van der Waals surface area contributed by atoms with Crippen LogP contribution >= 0.6 is 0 Å². The second-order valence-electron chi connectivity index (χ2n) is 11.7. The summed E-state index contributed by atoms with van der Waals surface area (Å²) in [6, 6.07) is 3.88. The third kappa shape index (κ3) is 3.87. The van der Waals surface area contributed by atoms with E-state index in [9.17, 15) is 9.90 Å². The summed E-state index contributed by atoms with van der Waals surface area (Å²) < 4.78 is 30.2. The maximum atomic E-state index is 16.0. The molecule has 5 rings (SSSR count). The molecule has 1 fully saturated rings. The molecule has 0 unspecified atom stereocenters. The number of nitrogens with zero attached hydrogens (tertiary/aromatic N) is 4. The minimum Gasteiger partial charge on any atom is -0.497 e. The highest BCUT2D eigenvalue weighted by Crippen LogP contribution is 2.63. The van der Waals surface area contributed by atoms with Crippen molar-refractivity contribution in [2.24, 2.45) is 5.92 Å². The molecule has 2 aromatic rings. The molecule has 1 spiro atoms. The number of anilines is 1. The third-order valence-electron chi connectivity index (χ3n) is 8.34. The maximum absolute atomic E-state index is 16.0. The number of allylic oxidation sites excluding steroid dienone is 1. The van der Waals surface area contributed by atoms with Crippen LogP contribution in [0.2, 0.25) is 18.6 Å². The molecule has 3 aliphatic rings. The minimum absolute atomic E-state index is 0.00231. The molecule has 8 nitrogen and oxygen atoms in total. The predicted octanol–water partition coefficient (Wildman–Crippen LogP) is 4.23.